The average Bonchev–Trinajstić information content (AvgIpc) is 3.29. The molecule has 1 atom stereocenters. The minimum atomic E-state index is -0.601. The second kappa shape index (κ2) is 12.0. The number of rotatable bonds is 8. The van der Waals surface area contributed by atoms with Crippen LogP contribution >= 0.6 is 0 Å². The van der Waals surface area contributed by atoms with Crippen LogP contribution in [0.4, 0.5) is 15.3 Å². The lowest BCUT2D eigenvalue weighted by atomic mass is 9.89. The molecule has 0 radical (unpaired) electrons. The molecule has 2 heterocycles. The number of anilines is 1. The number of urea groups is 1. The summed E-state index contributed by atoms with van der Waals surface area (Å²) >= 11 is 0. The molecule has 4 amide bonds. The normalized spacial score (nSPS) is 18.8. The summed E-state index contributed by atoms with van der Waals surface area (Å²) in [6, 6.07) is 16.9. The maximum atomic E-state index is 12.7. The Labute approximate surface area is 213 Å². The standard InChI is InChI=1S/C28H36N4O4/c1-20(2)26(33)30-24-11-6-10-23(18-24)21-12-16-31(17-13-21)15-7-14-29-27(34)32-25(19-36-28(32)35)22-8-4-3-5-9-22/h3-6,8-11,18,20-21,25H,7,12-17,19H2,1-2H3,(H,29,34)(H,30,33). The lowest BCUT2D eigenvalue weighted by Gasteiger charge is -2.32. The van der Waals surface area contributed by atoms with Crippen molar-refractivity contribution in [3.8, 4) is 0 Å². The van der Waals surface area contributed by atoms with Crippen LogP contribution in [0.2, 0.25) is 0 Å². The van der Waals surface area contributed by atoms with Gasteiger partial charge in [0.15, 0.2) is 0 Å². The molecule has 0 aromatic heterocycles. The van der Waals surface area contributed by atoms with Gasteiger partial charge in [0.1, 0.15) is 12.6 Å². The summed E-state index contributed by atoms with van der Waals surface area (Å²) in [5.41, 5.74) is 3.02. The number of nitrogens with one attached hydrogen (secondary N) is 2. The zero-order valence-corrected chi connectivity index (χ0v) is 21.1. The van der Waals surface area contributed by atoms with Crippen molar-refractivity contribution in [2.24, 2.45) is 5.92 Å². The van der Waals surface area contributed by atoms with Crippen LogP contribution in [0.25, 0.3) is 0 Å². The lowest BCUT2D eigenvalue weighted by molar-refractivity contribution is -0.118. The van der Waals surface area contributed by atoms with Crippen molar-refractivity contribution in [1.29, 1.82) is 0 Å². The van der Waals surface area contributed by atoms with Gasteiger partial charge in [0.25, 0.3) is 0 Å². The van der Waals surface area contributed by atoms with Crippen LogP contribution in [0, 0.1) is 5.92 Å². The molecule has 0 spiro atoms. The van der Waals surface area contributed by atoms with E-state index in [0.717, 1.165) is 50.1 Å². The van der Waals surface area contributed by atoms with Crippen molar-refractivity contribution in [1.82, 2.24) is 15.1 Å². The number of hydrogen-bond donors (Lipinski definition) is 2. The average molecular weight is 493 g/mol. The van der Waals surface area contributed by atoms with Crippen molar-refractivity contribution < 1.29 is 19.1 Å². The highest BCUT2D eigenvalue weighted by molar-refractivity contribution is 5.93. The smallest absolute Gasteiger partial charge is 0.418 e. The van der Waals surface area contributed by atoms with Gasteiger partial charge in [0.2, 0.25) is 5.91 Å². The number of piperidine rings is 1. The molecule has 0 bridgehead atoms. The first-order valence-electron chi connectivity index (χ1n) is 12.8. The highest BCUT2D eigenvalue weighted by Crippen LogP contribution is 2.30. The van der Waals surface area contributed by atoms with E-state index >= 15 is 0 Å². The fourth-order valence-electron chi connectivity index (χ4n) is 4.80. The molecule has 2 aromatic carbocycles. The summed E-state index contributed by atoms with van der Waals surface area (Å²) in [5, 5.41) is 5.88. The van der Waals surface area contributed by atoms with Crippen molar-refractivity contribution in [3.05, 3.63) is 65.7 Å². The van der Waals surface area contributed by atoms with Crippen LogP contribution in [0.15, 0.2) is 54.6 Å². The quantitative estimate of drug-likeness (QED) is 0.519. The molecular weight excluding hydrogens is 456 g/mol. The zero-order valence-electron chi connectivity index (χ0n) is 21.1. The maximum Gasteiger partial charge on any atom is 0.418 e. The Morgan fingerprint density at radius 2 is 1.75 bits per heavy atom. The fourth-order valence-corrected chi connectivity index (χ4v) is 4.80. The predicted octanol–water partition coefficient (Wildman–Crippen LogP) is 4.75. The number of hydrogen-bond acceptors (Lipinski definition) is 5. The minimum absolute atomic E-state index is 0.0336. The van der Waals surface area contributed by atoms with E-state index in [9.17, 15) is 14.4 Å². The van der Waals surface area contributed by atoms with Gasteiger partial charge < -0.3 is 20.3 Å². The van der Waals surface area contributed by atoms with E-state index in [0.29, 0.717) is 12.5 Å². The van der Waals surface area contributed by atoms with E-state index in [-0.39, 0.29) is 18.4 Å². The number of cyclic esters (lactones) is 1. The molecule has 0 aliphatic carbocycles. The van der Waals surface area contributed by atoms with E-state index in [2.05, 4.69) is 27.7 Å². The Hall–Kier alpha value is -3.39. The number of likely N-dealkylation sites (tertiary alicyclic amines) is 1. The van der Waals surface area contributed by atoms with Crippen LogP contribution < -0.4 is 10.6 Å². The Balaban J connectivity index is 1.19. The van der Waals surface area contributed by atoms with E-state index in [1.807, 2.05) is 56.3 Å². The largest absolute Gasteiger partial charge is 0.446 e. The van der Waals surface area contributed by atoms with Gasteiger partial charge in [-0.3, -0.25) is 4.79 Å². The number of benzene rings is 2. The van der Waals surface area contributed by atoms with Gasteiger partial charge in [-0.1, -0.05) is 56.3 Å². The molecule has 2 aliphatic rings. The first-order chi connectivity index (χ1) is 17.4. The van der Waals surface area contributed by atoms with Crippen LogP contribution in [0.5, 0.6) is 0 Å². The van der Waals surface area contributed by atoms with Gasteiger partial charge >= 0.3 is 12.1 Å². The topological polar surface area (TPSA) is 91.0 Å². The zero-order chi connectivity index (χ0) is 25.5. The van der Waals surface area contributed by atoms with E-state index < -0.39 is 18.2 Å². The van der Waals surface area contributed by atoms with Gasteiger partial charge in [0, 0.05) is 18.2 Å². The summed E-state index contributed by atoms with van der Waals surface area (Å²) in [6.07, 6.45) is 2.33. The first kappa shape index (κ1) is 25.7. The Bertz CT molecular complexity index is 1050. The van der Waals surface area contributed by atoms with Crippen molar-refractivity contribution in [3.63, 3.8) is 0 Å². The summed E-state index contributed by atoms with van der Waals surface area (Å²) in [4.78, 5) is 40.5. The monoisotopic (exact) mass is 492 g/mol. The van der Waals surface area contributed by atoms with Gasteiger partial charge in [-0.15, -0.1) is 0 Å². The molecular formula is C28H36N4O4. The molecule has 4 rings (SSSR count). The Morgan fingerprint density at radius 3 is 2.47 bits per heavy atom. The van der Waals surface area contributed by atoms with Crippen molar-refractivity contribution in [2.45, 2.75) is 45.1 Å². The van der Waals surface area contributed by atoms with Gasteiger partial charge in [-0.05, 0) is 68.1 Å². The third-order valence-corrected chi connectivity index (χ3v) is 6.94. The third-order valence-electron chi connectivity index (χ3n) is 6.94. The first-order valence-corrected chi connectivity index (χ1v) is 12.8. The molecule has 1 unspecified atom stereocenters. The van der Waals surface area contributed by atoms with Crippen LogP contribution in [0.3, 0.4) is 0 Å². The number of carbonyl (C=O) groups excluding carboxylic acids is 3. The van der Waals surface area contributed by atoms with E-state index in [1.54, 1.807) is 0 Å². The molecule has 8 nitrogen and oxygen atoms in total. The highest BCUT2D eigenvalue weighted by atomic mass is 16.6. The molecule has 2 aromatic rings. The van der Waals surface area contributed by atoms with Crippen molar-refractivity contribution in [2.75, 3.05) is 38.1 Å². The molecule has 192 valence electrons. The number of amides is 4. The number of imide groups is 1. The highest BCUT2D eigenvalue weighted by Gasteiger charge is 2.38. The summed E-state index contributed by atoms with van der Waals surface area (Å²) in [7, 11) is 0. The summed E-state index contributed by atoms with van der Waals surface area (Å²) in [5.74, 6) is 0.468. The summed E-state index contributed by atoms with van der Waals surface area (Å²) < 4.78 is 5.14. The van der Waals surface area contributed by atoms with Crippen LogP contribution in [0.1, 0.15) is 56.2 Å². The molecule has 2 N–H and O–H groups in total. The van der Waals surface area contributed by atoms with Gasteiger partial charge in [0.05, 0.1) is 0 Å². The van der Waals surface area contributed by atoms with Crippen molar-refractivity contribution >= 4 is 23.7 Å². The maximum absolute atomic E-state index is 12.7. The number of nitrogens with zero attached hydrogens (tertiary/aromatic N) is 2. The second-order valence-electron chi connectivity index (χ2n) is 9.84. The lowest BCUT2D eigenvalue weighted by Crippen LogP contribution is -2.43. The van der Waals surface area contributed by atoms with Crippen LogP contribution in [-0.4, -0.2) is 60.6 Å². The van der Waals surface area contributed by atoms with E-state index in [1.165, 1.54) is 10.5 Å². The second-order valence-corrected chi connectivity index (χ2v) is 9.84. The molecule has 2 aliphatic heterocycles. The van der Waals surface area contributed by atoms with Gasteiger partial charge in [-0.2, -0.15) is 0 Å². The predicted molar refractivity (Wildman–Crippen MR) is 139 cm³/mol. The van der Waals surface area contributed by atoms with Crippen LogP contribution in [-0.2, 0) is 9.53 Å². The molecule has 8 heteroatoms. The number of ether oxygens (including phenoxy) is 1. The SMILES string of the molecule is CC(C)C(=O)Nc1cccc(C2CCN(CCCNC(=O)N3C(=O)OCC3c3ccccc3)CC2)c1. The minimum Gasteiger partial charge on any atom is -0.446 e. The molecule has 2 fully saturated rings. The Kier molecular flexibility index (Phi) is 8.59. The fraction of sp³-hybridized carbons (Fsp3) is 0.464. The third kappa shape index (κ3) is 6.43. The van der Waals surface area contributed by atoms with Gasteiger partial charge in [-0.25, -0.2) is 14.5 Å². The summed E-state index contributed by atoms with van der Waals surface area (Å²) in [6.45, 7) is 7.35. The Morgan fingerprint density at radius 1 is 1.03 bits per heavy atom. The molecule has 2 saturated heterocycles. The van der Waals surface area contributed by atoms with E-state index in [4.69, 9.17) is 4.74 Å². The molecule has 36 heavy (non-hydrogen) atoms. The number of carbonyl (C=O) groups is 3. The molecule has 0 saturated carbocycles.